The van der Waals surface area contributed by atoms with Gasteiger partial charge in [0.15, 0.2) is 0 Å². The molecule has 0 aliphatic heterocycles. The van der Waals surface area contributed by atoms with E-state index >= 15 is 0 Å². The Morgan fingerprint density at radius 3 is 2.30 bits per heavy atom. The zero-order chi connectivity index (χ0) is 15.1. The Kier molecular flexibility index (Phi) is 5.58. The van der Waals surface area contributed by atoms with Crippen molar-refractivity contribution in [1.82, 2.24) is 9.88 Å². The third-order valence-corrected chi connectivity index (χ3v) is 2.56. The van der Waals surface area contributed by atoms with E-state index < -0.39 is 6.03 Å². The average molecular weight is 275 g/mol. The molecule has 0 fully saturated rings. The quantitative estimate of drug-likeness (QED) is 0.608. The maximum atomic E-state index is 12.4. The molecule has 1 aromatic heterocycles. The SMILES string of the molecule is C/C(C=O)=C\N(C(=O)N(C=O)c1ccncc1)C(C)C. The monoisotopic (exact) mass is 275 g/mol. The van der Waals surface area contributed by atoms with Gasteiger partial charge in [-0.05, 0) is 32.9 Å². The summed E-state index contributed by atoms with van der Waals surface area (Å²) in [6.07, 6.45) is 5.51. The summed E-state index contributed by atoms with van der Waals surface area (Å²) in [7, 11) is 0. The second-order valence-corrected chi connectivity index (χ2v) is 4.46. The van der Waals surface area contributed by atoms with Gasteiger partial charge < -0.3 is 0 Å². The third-order valence-electron chi connectivity index (χ3n) is 2.56. The maximum Gasteiger partial charge on any atom is 0.335 e. The molecule has 20 heavy (non-hydrogen) atoms. The van der Waals surface area contributed by atoms with E-state index in [0.29, 0.717) is 24.0 Å². The van der Waals surface area contributed by atoms with Crippen molar-refractivity contribution in [1.29, 1.82) is 0 Å². The van der Waals surface area contributed by atoms with Gasteiger partial charge in [-0.15, -0.1) is 0 Å². The molecule has 6 nitrogen and oxygen atoms in total. The predicted molar refractivity (Wildman–Crippen MR) is 75.0 cm³/mol. The highest BCUT2D eigenvalue weighted by atomic mass is 16.2. The van der Waals surface area contributed by atoms with Gasteiger partial charge in [0.2, 0.25) is 6.41 Å². The number of imide groups is 1. The van der Waals surface area contributed by atoms with Gasteiger partial charge in [-0.25, -0.2) is 9.69 Å². The molecule has 0 aliphatic rings. The first-order chi connectivity index (χ1) is 9.51. The molecule has 1 rings (SSSR count). The molecule has 3 amide bonds. The highest BCUT2D eigenvalue weighted by molar-refractivity contribution is 6.06. The molecule has 1 heterocycles. The molecule has 106 valence electrons. The number of nitrogens with zero attached hydrogens (tertiary/aromatic N) is 3. The van der Waals surface area contributed by atoms with Crippen LogP contribution in [0.5, 0.6) is 0 Å². The van der Waals surface area contributed by atoms with Crippen LogP contribution >= 0.6 is 0 Å². The van der Waals surface area contributed by atoms with Gasteiger partial charge in [-0.3, -0.25) is 19.5 Å². The van der Waals surface area contributed by atoms with Crippen molar-refractivity contribution in [2.45, 2.75) is 26.8 Å². The van der Waals surface area contributed by atoms with E-state index in [1.807, 2.05) is 0 Å². The van der Waals surface area contributed by atoms with Crippen LogP contribution in [0.4, 0.5) is 10.5 Å². The van der Waals surface area contributed by atoms with Crippen molar-refractivity contribution in [3.63, 3.8) is 0 Å². The number of hydrogen-bond donors (Lipinski definition) is 0. The Balaban J connectivity index is 3.10. The topological polar surface area (TPSA) is 70.6 Å². The number of carbonyl (C=O) groups is 3. The fourth-order valence-corrected chi connectivity index (χ4v) is 1.52. The van der Waals surface area contributed by atoms with Gasteiger partial charge >= 0.3 is 6.03 Å². The summed E-state index contributed by atoms with van der Waals surface area (Å²) in [4.78, 5) is 40.4. The summed E-state index contributed by atoms with van der Waals surface area (Å²) >= 11 is 0. The van der Waals surface area contributed by atoms with Gasteiger partial charge in [-0.1, -0.05) is 0 Å². The Morgan fingerprint density at radius 1 is 1.25 bits per heavy atom. The van der Waals surface area contributed by atoms with Crippen molar-refractivity contribution < 1.29 is 14.4 Å². The lowest BCUT2D eigenvalue weighted by atomic mass is 10.3. The largest absolute Gasteiger partial charge is 0.335 e. The minimum Gasteiger partial charge on any atom is -0.298 e. The Bertz CT molecular complexity index is 512. The first-order valence-corrected chi connectivity index (χ1v) is 6.11. The van der Waals surface area contributed by atoms with Crippen molar-refractivity contribution >= 4 is 24.4 Å². The van der Waals surface area contributed by atoms with E-state index in [1.54, 1.807) is 32.9 Å². The maximum absolute atomic E-state index is 12.4. The third kappa shape index (κ3) is 3.74. The molecular weight excluding hydrogens is 258 g/mol. The second kappa shape index (κ2) is 7.18. The molecule has 0 bridgehead atoms. The minimum absolute atomic E-state index is 0.193. The van der Waals surface area contributed by atoms with Gasteiger partial charge in [0.25, 0.3) is 0 Å². The van der Waals surface area contributed by atoms with Crippen LogP contribution in [0.1, 0.15) is 20.8 Å². The van der Waals surface area contributed by atoms with Crippen LogP contribution in [0.25, 0.3) is 0 Å². The van der Waals surface area contributed by atoms with Gasteiger partial charge in [0.05, 0.1) is 5.69 Å². The number of aldehydes is 1. The first kappa shape index (κ1) is 15.6. The lowest BCUT2D eigenvalue weighted by molar-refractivity contribution is -0.107. The van der Waals surface area contributed by atoms with E-state index in [1.165, 1.54) is 23.5 Å². The van der Waals surface area contributed by atoms with Crippen molar-refractivity contribution in [3.8, 4) is 0 Å². The number of pyridine rings is 1. The summed E-state index contributed by atoms with van der Waals surface area (Å²) < 4.78 is 0. The number of anilines is 1. The zero-order valence-corrected chi connectivity index (χ0v) is 11.7. The molecule has 0 aromatic carbocycles. The van der Waals surface area contributed by atoms with Crippen LogP contribution in [0.3, 0.4) is 0 Å². The Hall–Kier alpha value is -2.50. The Labute approximate surface area is 117 Å². The number of allylic oxidation sites excluding steroid dienone is 1. The summed E-state index contributed by atoms with van der Waals surface area (Å²) in [5.41, 5.74) is 0.815. The standard InChI is InChI=1S/C14H17N3O3/c1-11(2)16(8-12(3)9-18)14(20)17(10-19)13-4-6-15-7-5-13/h4-11H,1-3H3/b12-8+. The van der Waals surface area contributed by atoms with Crippen LogP contribution < -0.4 is 4.90 Å². The number of aromatic nitrogens is 1. The summed E-state index contributed by atoms with van der Waals surface area (Å²) in [5.74, 6) is 0. The molecule has 0 atom stereocenters. The summed E-state index contributed by atoms with van der Waals surface area (Å²) in [5, 5.41) is 0. The van der Waals surface area contributed by atoms with Crippen molar-refractivity contribution in [2.75, 3.05) is 4.90 Å². The minimum atomic E-state index is -0.526. The number of amides is 3. The molecule has 0 N–H and O–H groups in total. The molecule has 6 heteroatoms. The highest BCUT2D eigenvalue weighted by Crippen LogP contribution is 2.15. The second-order valence-electron chi connectivity index (χ2n) is 4.46. The molecule has 0 aliphatic carbocycles. The highest BCUT2D eigenvalue weighted by Gasteiger charge is 2.23. The van der Waals surface area contributed by atoms with Gasteiger partial charge in [0.1, 0.15) is 6.29 Å². The van der Waals surface area contributed by atoms with E-state index in [2.05, 4.69) is 4.98 Å². The first-order valence-electron chi connectivity index (χ1n) is 6.11. The van der Waals surface area contributed by atoms with E-state index in [4.69, 9.17) is 0 Å². The molecular formula is C14H17N3O3. The van der Waals surface area contributed by atoms with Crippen LogP contribution in [-0.4, -0.2) is 34.7 Å². The van der Waals surface area contributed by atoms with Crippen molar-refractivity contribution in [3.05, 3.63) is 36.3 Å². The van der Waals surface area contributed by atoms with E-state index in [0.717, 1.165) is 4.90 Å². The summed E-state index contributed by atoms with van der Waals surface area (Å²) in [6.45, 7) is 5.18. The smallest absolute Gasteiger partial charge is 0.298 e. The Morgan fingerprint density at radius 2 is 1.85 bits per heavy atom. The lowest BCUT2D eigenvalue weighted by Gasteiger charge is -2.27. The van der Waals surface area contributed by atoms with Crippen LogP contribution in [0, 0.1) is 0 Å². The molecule has 0 unspecified atom stereocenters. The number of hydrogen-bond acceptors (Lipinski definition) is 4. The lowest BCUT2D eigenvalue weighted by Crippen LogP contribution is -2.43. The zero-order valence-electron chi connectivity index (χ0n) is 11.7. The number of urea groups is 1. The van der Waals surface area contributed by atoms with Gasteiger partial charge in [0, 0.05) is 30.2 Å². The molecule has 0 spiro atoms. The number of rotatable bonds is 5. The molecule has 0 saturated carbocycles. The van der Waals surface area contributed by atoms with Crippen LogP contribution in [0.2, 0.25) is 0 Å². The van der Waals surface area contributed by atoms with Crippen LogP contribution in [-0.2, 0) is 9.59 Å². The summed E-state index contributed by atoms with van der Waals surface area (Å²) in [6, 6.07) is 2.39. The fraction of sp³-hybridized carbons (Fsp3) is 0.286. The molecule has 0 radical (unpaired) electrons. The predicted octanol–water partition coefficient (Wildman–Crippen LogP) is 1.98. The van der Waals surface area contributed by atoms with E-state index in [9.17, 15) is 14.4 Å². The van der Waals surface area contributed by atoms with Crippen molar-refractivity contribution in [2.24, 2.45) is 0 Å². The van der Waals surface area contributed by atoms with Gasteiger partial charge in [-0.2, -0.15) is 0 Å². The van der Waals surface area contributed by atoms with Crippen LogP contribution in [0.15, 0.2) is 36.3 Å². The molecule has 0 saturated heterocycles. The molecule has 1 aromatic rings. The van der Waals surface area contributed by atoms with E-state index in [-0.39, 0.29) is 6.04 Å². The number of carbonyl (C=O) groups excluding carboxylic acids is 3. The average Bonchev–Trinajstić information content (AvgIpc) is 2.45. The fourth-order valence-electron chi connectivity index (χ4n) is 1.52. The normalized spacial score (nSPS) is 11.1.